The molecule has 0 spiro atoms. The zero-order chi connectivity index (χ0) is 12.4. The van der Waals surface area contributed by atoms with Crippen LogP contribution in [0.15, 0.2) is 0 Å². The lowest BCUT2D eigenvalue weighted by molar-refractivity contribution is 0.159. The summed E-state index contributed by atoms with van der Waals surface area (Å²) in [5.74, 6) is 2.44. The predicted octanol–water partition coefficient (Wildman–Crippen LogP) is 5.76. The molecule has 0 radical (unpaired) electrons. The molecule has 0 aromatic carbocycles. The molecule has 0 saturated heterocycles. The second-order valence-electron chi connectivity index (χ2n) is 5.03. The van der Waals surface area contributed by atoms with E-state index in [2.05, 4.69) is 31.9 Å². The molecular weight excluding hydrogens is 212 g/mol. The van der Waals surface area contributed by atoms with Gasteiger partial charge in [0.1, 0.15) is 0 Å². The molecule has 1 aliphatic rings. The number of hydrogen-bond donors (Lipinski definition) is 0. The SMILES string of the molecule is CC.CCCC1(CSC)CCC(CC)CC1. The minimum Gasteiger partial charge on any atom is -0.165 e. The molecule has 0 atom stereocenters. The van der Waals surface area contributed by atoms with Gasteiger partial charge in [0.15, 0.2) is 0 Å². The molecule has 0 N–H and O–H groups in total. The van der Waals surface area contributed by atoms with Crippen molar-refractivity contribution in [1.29, 1.82) is 0 Å². The molecule has 16 heavy (non-hydrogen) atoms. The minimum atomic E-state index is 0.722. The first-order valence-corrected chi connectivity index (χ1v) is 8.64. The highest BCUT2D eigenvalue weighted by Crippen LogP contribution is 2.44. The predicted molar refractivity (Wildman–Crippen MR) is 79.3 cm³/mol. The van der Waals surface area contributed by atoms with Crippen molar-refractivity contribution in [2.24, 2.45) is 11.3 Å². The fourth-order valence-electron chi connectivity index (χ4n) is 3.00. The van der Waals surface area contributed by atoms with Gasteiger partial charge in [-0.15, -0.1) is 0 Å². The second-order valence-corrected chi connectivity index (χ2v) is 5.90. The van der Waals surface area contributed by atoms with Crippen molar-refractivity contribution >= 4 is 11.8 Å². The smallest absolute Gasteiger partial charge is 0.00136 e. The number of hydrogen-bond acceptors (Lipinski definition) is 1. The molecule has 0 nitrogen and oxygen atoms in total. The quantitative estimate of drug-likeness (QED) is 0.592. The van der Waals surface area contributed by atoms with Crippen molar-refractivity contribution < 1.29 is 0 Å². The molecule has 1 rings (SSSR count). The van der Waals surface area contributed by atoms with E-state index in [1.54, 1.807) is 0 Å². The van der Waals surface area contributed by atoms with E-state index in [9.17, 15) is 0 Å². The van der Waals surface area contributed by atoms with E-state index < -0.39 is 0 Å². The molecule has 0 aromatic heterocycles. The highest BCUT2D eigenvalue weighted by atomic mass is 32.2. The van der Waals surface area contributed by atoms with Gasteiger partial charge < -0.3 is 0 Å². The summed E-state index contributed by atoms with van der Waals surface area (Å²) in [7, 11) is 0. The van der Waals surface area contributed by atoms with Crippen molar-refractivity contribution in [3.63, 3.8) is 0 Å². The van der Waals surface area contributed by atoms with Crippen LogP contribution in [0.5, 0.6) is 0 Å². The topological polar surface area (TPSA) is 0 Å². The van der Waals surface area contributed by atoms with Gasteiger partial charge >= 0.3 is 0 Å². The van der Waals surface area contributed by atoms with Crippen LogP contribution in [0.25, 0.3) is 0 Å². The highest BCUT2D eigenvalue weighted by Gasteiger charge is 2.33. The van der Waals surface area contributed by atoms with E-state index >= 15 is 0 Å². The van der Waals surface area contributed by atoms with Gasteiger partial charge in [-0.2, -0.15) is 11.8 Å². The summed E-state index contributed by atoms with van der Waals surface area (Å²) >= 11 is 2.06. The Balaban J connectivity index is 0.00000106. The van der Waals surface area contributed by atoms with Gasteiger partial charge in [-0.25, -0.2) is 0 Å². The van der Waals surface area contributed by atoms with E-state index in [0.717, 1.165) is 11.3 Å². The average molecular weight is 244 g/mol. The van der Waals surface area contributed by atoms with Gasteiger partial charge in [0.2, 0.25) is 0 Å². The van der Waals surface area contributed by atoms with Crippen molar-refractivity contribution in [3.8, 4) is 0 Å². The maximum atomic E-state index is 2.35. The molecule has 0 aliphatic heterocycles. The molecule has 1 saturated carbocycles. The van der Waals surface area contributed by atoms with E-state index in [0.29, 0.717) is 0 Å². The van der Waals surface area contributed by atoms with Crippen molar-refractivity contribution in [2.45, 2.75) is 72.6 Å². The van der Waals surface area contributed by atoms with Gasteiger partial charge in [-0.05, 0) is 55.4 Å². The zero-order valence-corrected chi connectivity index (χ0v) is 13.0. The fraction of sp³-hybridized carbons (Fsp3) is 1.00. The van der Waals surface area contributed by atoms with Crippen LogP contribution in [-0.2, 0) is 0 Å². The van der Waals surface area contributed by atoms with Crippen molar-refractivity contribution in [2.75, 3.05) is 12.0 Å². The fourth-order valence-corrected chi connectivity index (χ4v) is 4.05. The maximum absolute atomic E-state index is 2.35. The van der Waals surface area contributed by atoms with Crippen LogP contribution in [0.1, 0.15) is 72.6 Å². The highest BCUT2D eigenvalue weighted by molar-refractivity contribution is 7.98. The van der Waals surface area contributed by atoms with Crippen LogP contribution in [0, 0.1) is 11.3 Å². The van der Waals surface area contributed by atoms with Crippen LogP contribution < -0.4 is 0 Å². The molecule has 0 bridgehead atoms. The Morgan fingerprint density at radius 3 is 2.06 bits per heavy atom. The Morgan fingerprint density at radius 2 is 1.69 bits per heavy atom. The Hall–Kier alpha value is 0.350. The minimum absolute atomic E-state index is 0.722. The lowest BCUT2D eigenvalue weighted by atomic mass is 9.69. The van der Waals surface area contributed by atoms with Crippen LogP contribution in [0.3, 0.4) is 0 Å². The molecule has 1 fully saturated rings. The third-order valence-electron chi connectivity index (χ3n) is 3.97. The van der Waals surface area contributed by atoms with Gasteiger partial charge in [0.05, 0.1) is 0 Å². The van der Waals surface area contributed by atoms with Crippen LogP contribution >= 0.6 is 11.8 Å². The van der Waals surface area contributed by atoms with E-state index in [1.165, 1.54) is 50.7 Å². The lowest BCUT2D eigenvalue weighted by Gasteiger charge is -2.40. The van der Waals surface area contributed by atoms with Gasteiger partial charge in [0, 0.05) is 0 Å². The first-order chi connectivity index (χ1) is 7.76. The molecule has 0 unspecified atom stereocenters. The Labute approximate surface area is 108 Å². The van der Waals surface area contributed by atoms with Crippen LogP contribution in [-0.4, -0.2) is 12.0 Å². The third kappa shape index (κ3) is 5.12. The molecule has 0 amide bonds. The van der Waals surface area contributed by atoms with Crippen LogP contribution in [0.4, 0.5) is 0 Å². The van der Waals surface area contributed by atoms with Gasteiger partial charge in [-0.1, -0.05) is 40.5 Å². The Morgan fingerprint density at radius 1 is 1.12 bits per heavy atom. The summed E-state index contributed by atoms with van der Waals surface area (Å²) < 4.78 is 0. The van der Waals surface area contributed by atoms with E-state index in [-0.39, 0.29) is 0 Å². The van der Waals surface area contributed by atoms with E-state index in [4.69, 9.17) is 0 Å². The molecule has 98 valence electrons. The summed E-state index contributed by atoms with van der Waals surface area (Å²) in [5.41, 5.74) is 0.722. The van der Waals surface area contributed by atoms with Crippen LogP contribution in [0.2, 0.25) is 0 Å². The van der Waals surface area contributed by atoms with Crippen molar-refractivity contribution in [1.82, 2.24) is 0 Å². The molecule has 0 aromatic rings. The Kier molecular flexibility index (Phi) is 9.59. The summed E-state index contributed by atoms with van der Waals surface area (Å²) in [4.78, 5) is 0. The molecule has 0 heterocycles. The summed E-state index contributed by atoms with van der Waals surface area (Å²) in [5, 5.41) is 0. The monoisotopic (exact) mass is 244 g/mol. The van der Waals surface area contributed by atoms with E-state index in [1.807, 2.05) is 13.8 Å². The first kappa shape index (κ1) is 16.4. The first-order valence-electron chi connectivity index (χ1n) is 7.25. The number of rotatable bonds is 5. The number of thioether (sulfide) groups is 1. The third-order valence-corrected chi connectivity index (χ3v) is 4.88. The molecule has 1 aliphatic carbocycles. The Bertz CT molecular complexity index is 138. The average Bonchev–Trinajstić information content (AvgIpc) is 2.33. The normalized spacial score (nSPS) is 29.4. The van der Waals surface area contributed by atoms with Crippen molar-refractivity contribution in [3.05, 3.63) is 0 Å². The molecule has 1 heteroatoms. The molecular formula is C15H32S. The summed E-state index contributed by atoms with van der Waals surface area (Å²) in [6.07, 6.45) is 12.5. The second kappa shape index (κ2) is 9.39. The zero-order valence-electron chi connectivity index (χ0n) is 12.1. The van der Waals surface area contributed by atoms with Gasteiger partial charge in [-0.3, -0.25) is 0 Å². The summed E-state index contributed by atoms with van der Waals surface area (Å²) in [6, 6.07) is 0. The van der Waals surface area contributed by atoms with Gasteiger partial charge in [0.25, 0.3) is 0 Å². The standard InChI is InChI=1S/C13H26S.C2H6/c1-4-8-13(11-14-3)9-6-12(5-2)7-10-13;1-2/h12H,4-11H2,1-3H3;1-2H3. The lowest BCUT2D eigenvalue weighted by Crippen LogP contribution is -2.29. The largest absolute Gasteiger partial charge is 0.165 e. The maximum Gasteiger partial charge on any atom is -0.00136 e. The summed E-state index contributed by atoms with van der Waals surface area (Å²) in [6.45, 7) is 8.69.